The highest BCUT2D eigenvalue weighted by molar-refractivity contribution is 5.82. The molecule has 0 aliphatic carbocycles. The predicted molar refractivity (Wildman–Crippen MR) is 94.3 cm³/mol. The molecule has 0 saturated carbocycles. The molecule has 1 N–H and O–H groups in total. The van der Waals surface area contributed by atoms with Crippen LogP contribution in [0.5, 0.6) is 5.75 Å². The molecule has 0 bridgehead atoms. The largest absolute Gasteiger partial charge is 0.494 e. The van der Waals surface area contributed by atoms with Crippen LogP contribution < -0.4 is 4.74 Å². The second-order valence-corrected chi connectivity index (χ2v) is 6.17. The van der Waals surface area contributed by atoms with Crippen molar-refractivity contribution in [3.8, 4) is 5.75 Å². The number of benzene rings is 1. The van der Waals surface area contributed by atoms with E-state index in [1.165, 1.54) is 20.3 Å². The van der Waals surface area contributed by atoms with Crippen LogP contribution in [-0.2, 0) is 9.53 Å². The lowest BCUT2D eigenvalue weighted by atomic mass is 9.98. The molecule has 0 saturated heterocycles. The fourth-order valence-corrected chi connectivity index (χ4v) is 1.76. The Hall–Kier alpha value is -2.14. The number of esters is 1. The van der Waals surface area contributed by atoms with Gasteiger partial charge in [-0.15, -0.1) is 0 Å². The Bertz CT molecular complexity index is 592. The van der Waals surface area contributed by atoms with Crippen molar-refractivity contribution in [3.05, 3.63) is 47.8 Å². The number of allylic oxidation sites excluding steroid dienone is 2. The number of ether oxygens (including phenoxy) is 2. The Morgan fingerprint density at radius 3 is 2.25 bits per heavy atom. The number of carbonyl (C=O) groups is 1. The van der Waals surface area contributed by atoms with Gasteiger partial charge in [-0.05, 0) is 51.0 Å². The van der Waals surface area contributed by atoms with Crippen LogP contribution in [-0.4, -0.2) is 30.9 Å². The lowest BCUT2D eigenvalue weighted by molar-refractivity contribution is -0.139. The van der Waals surface area contributed by atoms with Gasteiger partial charge in [0.1, 0.15) is 0 Å². The number of halogens is 1. The number of carbonyl (C=O) groups excluding carboxylic acids is 1. The van der Waals surface area contributed by atoms with Gasteiger partial charge in [0.25, 0.3) is 0 Å². The molecule has 134 valence electrons. The van der Waals surface area contributed by atoms with E-state index in [9.17, 15) is 9.18 Å². The zero-order valence-corrected chi connectivity index (χ0v) is 15.3. The Morgan fingerprint density at radius 2 is 1.88 bits per heavy atom. The van der Waals surface area contributed by atoms with Crippen LogP contribution in [0, 0.1) is 5.82 Å². The predicted octanol–water partition coefficient (Wildman–Crippen LogP) is 4.13. The van der Waals surface area contributed by atoms with Gasteiger partial charge in [0.05, 0.1) is 26.2 Å². The van der Waals surface area contributed by atoms with E-state index in [0.717, 1.165) is 5.57 Å². The van der Waals surface area contributed by atoms with Gasteiger partial charge in [-0.2, -0.15) is 0 Å². The summed E-state index contributed by atoms with van der Waals surface area (Å²) in [6.07, 6.45) is 1.74. The zero-order valence-electron chi connectivity index (χ0n) is 15.3. The second-order valence-electron chi connectivity index (χ2n) is 6.17. The smallest absolute Gasteiger partial charge is 0.309 e. The molecule has 0 aromatic heterocycles. The lowest BCUT2D eigenvalue weighted by Crippen LogP contribution is -2.10. The van der Waals surface area contributed by atoms with Crippen LogP contribution in [0.2, 0.25) is 0 Å². The molecule has 0 spiro atoms. The first-order valence-corrected chi connectivity index (χ1v) is 7.48. The third-order valence-corrected chi connectivity index (χ3v) is 2.76. The summed E-state index contributed by atoms with van der Waals surface area (Å²) in [6, 6.07) is 4.62. The van der Waals surface area contributed by atoms with Gasteiger partial charge in [-0.25, -0.2) is 4.39 Å². The minimum Gasteiger partial charge on any atom is -0.494 e. The van der Waals surface area contributed by atoms with Gasteiger partial charge in [-0.1, -0.05) is 24.3 Å². The van der Waals surface area contributed by atoms with Crippen molar-refractivity contribution < 1.29 is 23.8 Å². The monoisotopic (exact) mass is 338 g/mol. The number of methoxy groups -OCH3 is 2. The van der Waals surface area contributed by atoms with E-state index >= 15 is 0 Å². The summed E-state index contributed by atoms with van der Waals surface area (Å²) in [5, 5.41) is 8.52. The molecule has 1 rings (SSSR count). The SMILES string of the molecule is C=C/C(=C(\C)CC(=O)OC)c1ccc(OC)c(F)c1.CC(C)(C)O. The normalized spacial score (nSPS) is 11.7. The van der Waals surface area contributed by atoms with Crippen molar-refractivity contribution in [2.75, 3.05) is 14.2 Å². The van der Waals surface area contributed by atoms with Crippen molar-refractivity contribution in [2.45, 2.75) is 39.7 Å². The molecule has 1 aromatic rings. The van der Waals surface area contributed by atoms with E-state index in [4.69, 9.17) is 9.84 Å². The maximum atomic E-state index is 13.7. The molecule has 0 radical (unpaired) electrons. The summed E-state index contributed by atoms with van der Waals surface area (Å²) in [7, 11) is 2.74. The zero-order chi connectivity index (χ0) is 18.9. The third kappa shape index (κ3) is 8.48. The van der Waals surface area contributed by atoms with Crippen LogP contribution >= 0.6 is 0 Å². The van der Waals surface area contributed by atoms with Gasteiger partial charge < -0.3 is 14.6 Å². The van der Waals surface area contributed by atoms with E-state index in [-0.39, 0.29) is 18.1 Å². The highest BCUT2D eigenvalue weighted by atomic mass is 19.1. The maximum Gasteiger partial charge on any atom is 0.309 e. The molecule has 0 fully saturated rings. The van der Waals surface area contributed by atoms with E-state index in [0.29, 0.717) is 11.1 Å². The van der Waals surface area contributed by atoms with Gasteiger partial charge >= 0.3 is 5.97 Å². The molecule has 0 amide bonds. The first-order valence-electron chi connectivity index (χ1n) is 7.48. The summed E-state index contributed by atoms with van der Waals surface area (Å²) in [4.78, 5) is 11.3. The van der Waals surface area contributed by atoms with Crippen LogP contribution in [0.4, 0.5) is 4.39 Å². The van der Waals surface area contributed by atoms with Crippen molar-refractivity contribution >= 4 is 11.5 Å². The minimum absolute atomic E-state index is 0.144. The summed E-state index contributed by atoms with van der Waals surface area (Å²) < 4.78 is 23.1. The van der Waals surface area contributed by atoms with Crippen molar-refractivity contribution in [2.24, 2.45) is 0 Å². The molecule has 0 heterocycles. The quantitative estimate of drug-likeness (QED) is 0.648. The number of hydrogen-bond acceptors (Lipinski definition) is 4. The van der Waals surface area contributed by atoms with Crippen LogP contribution in [0.15, 0.2) is 36.4 Å². The number of aliphatic hydroxyl groups is 1. The van der Waals surface area contributed by atoms with Gasteiger partial charge in [0.15, 0.2) is 11.6 Å². The van der Waals surface area contributed by atoms with Gasteiger partial charge in [0.2, 0.25) is 0 Å². The van der Waals surface area contributed by atoms with E-state index in [1.807, 2.05) is 0 Å². The van der Waals surface area contributed by atoms with E-state index in [2.05, 4.69) is 11.3 Å². The molecule has 5 heteroatoms. The first kappa shape index (κ1) is 21.9. The van der Waals surface area contributed by atoms with Gasteiger partial charge in [0, 0.05) is 0 Å². The maximum absolute atomic E-state index is 13.7. The summed E-state index contributed by atoms with van der Waals surface area (Å²) in [6.45, 7) is 10.7. The number of rotatable bonds is 5. The molecule has 4 nitrogen and oxygen atoms in total. The Labute approximate surface area is 143 Å². The Morgan fingerprint density at radius 1 is 1.33 bits per heavy atom. The fraction of sp³-hybridized carbons (Fsp3) is 0.421. The summed E-state index contributed by atoms with van der Waals surface area (Å²) in [5.41, 5.74) is 1.63. The van der Waals surface area contributed by atoms with Crippen molar-refractivity contribution in [1.82, 2.24) is 0 Å². The molecular formula is C19H27FO4. The third-order valence-electron chi connectivity index (χ3n) is 2.76. The fourth-order valence-electron chi connectivity index (χ4n) is 1.76. The van der Waals surface area contributed by atoms with Gasteiger partial charge in [-0.3, -0.25) is 4.79 Å². The van der Waals surface area contributed by atoms with E-state index in [1.54, 1.807) is 45.9 Å². The van der Waals surface area contributed by atoms with Crippen molar-refractivity contribution in [3.63, 3.8) is 0 Å². The molecular weight excluding hydrogens is 311 g/mol. The lowest BCUT2D eigenvalue weighted by Gasteiger charge is -2.10. The second kappa shape index (κ2) is 9.88. The highest BCUT2D eigenvalue weighted by Gasteiger charge is 2.10. The molecule has 0 aliphatic rings. The molecule has 1 aromatic carbocycles. The Balaban J connectivity index is 0.000000922. The number of hydrogen-bond donors (Lipinski definition) is 1. The molecule has 0 atom stereocenters. The average Bonchev–Trinajstić information content (AvgIpc) is 2.46. The first-order chi connectivity index (χ1) is 11.0. The molecule has 0 aliphatic heterocycles. The Kier molecular flexibility index (Phi) is 9.00. The molecule has 24 heavy (non-hydrogen) atoms. The highest BCUT2D eigenvalue weighted by Crippen LogP contribution is 2.26. The molecule has 0 unspecified atom stereocenters. The summed E-state index contributed by atoms with van der Waals surface area (Å²) in [5.74, 6) is -0.617. The van der Waals surface area contributed by atoms with Crippen LogP contribution in [0.25, 0.3) is 5.57 Å². The van der Waals surface area contributed by atoms with Crippen LogP contribution in [0.1, 0.15) is 39.7 Å². The summed E-state index contributed by atoms with van der Waals surface area (Å²) >= 11 is 0. The average molecular weight is 338 g/mol. The van der Waals surface area contributed by atoms with Crippen molar-refractivity contribution in [1.29, 1.82) is 0 Å². The van der Waals surface area contributed by atoms with E-state index < -0.39 is 11.4 Å². The standard InChI is InChI=1S/C15H17FO3.C4H10O/c1-5-12(10(2)8-15(17)19-4)11-6-7-14(18-3)13(16)9-11;1-4(2,3)5/h5-7,9H,1,8H2,2-4H3;5H,1-3H3/b12-10-;. The minimum atomic E-state index is -0.500. The topological polar surface area (TPSA) is 55.8 Å². The van der Waals surface area contributed by atoms with Crippen LogP contribution in [0.3, 0.4) is 0 Å².